The molecule has 1 heterocycles. The van der Waals surface area contributed by atoms with Crippen molar-refractivity contribution >= 4 is 17.4 Å². The molecule has 2 rings (SSSR count). The first kappa shape index (κ1) is 12.6. The molecule has 0 aliphatic heterocycles. The van der Waals surface area contributed by atoms with E-state index in [2.05, 4.69) is 10.4 Å². The number of anilines is 1. The van der Waals surface area contributed by atoms with Gasteiger partial charge in [0, 0.05) is 6.20 Å². The number of aromatic nitrogens is 1. The summed E-state index contributed by atoms with van der Waals surface area (Å²) in [6.07, 6.45) is 1.59. The fourth-order valence-corrected chi connectivity index (χ4v) is 1.57. The third kappa shape index (κ3) is 2.88. The van der Waals surface area contributed by atoms with Gasteiger partial charge in [-0.1, -0.05) is 17.7 Å². The lowest BCUT2D eigenvalue weighted by Gasteiger charge is -2.08. The number of hydrazine groups is 1. The van der Waals surface area contributed by atoms with E-state index in [0.29, 0.717) is 5.82 Å². The predicted octanol–water partition coefficient (Wildman–Crippen LogP) is 2.74. The van der Waals surface area contributed by atoms with Gasteiger partial charge in [-0.2, -0.15) is 0 Å². The predicted molar refractivity (Wildman–Crippen MR) is 67.8 cm³/mol. The fourth-order valence-electron chi connectivity index (χ4n) is 1.40. The van der Waals surface area contributed by atoms with E-state index < -0.39 is 5.82 Å². The van der Waals surface area contributed by atoms with Crippen LogP contribution in [0.5, 0.6) is 5.75 Å². The molecule has 0 fully saturated rings. The number of hydrogen-bond acceptors (Lipinski definition) is 4. The average molecular weight is 268 g/mol. The van der Waals surface area contributed by atoms with Crippen molar-refractivity contribution in [1.29, 1.82) is 0 Å². The zero-order valence-electron chi connectivity index (χ0n) is 9.36. The maximum atomic E-state index is 13.5. The third-order valence-electron chi connectivity index (χ3n) is 2.28. The molecule has 0 aliphatic rings. The average Bonchev–Trinajstić information content (AvgIpc) is 2.41. The van der Waals surface area contributed by atoms with Crippen LogP contribution in [0.4, 0.5) is 10.2 Å². The smallest absolute Gasteiger partial charge is 0.183 e. The monoisotopic (exact) mass is 267 g/mol. The number of rotatable bonds is 4. The molecule has 1 aromatic heterocycles. The molecular formula is C12H11ClFN3O. The second kappa shape index (κ2) is 5.66. The van der Waals surface area contributed by atoms with Crippen molar-refractivity contribution in [1.82, 2.24) is 4.98 Å². The minimum absolute atomic E-state index is 0.0338. The van der Waals surface area contributed by atoms with Crippen molar-refractivity contribution in [2.45, 2.75) is 6.61 Å². The lowest BCUT2D eigenvalue weighted by atomic mass is 10.3. The van der Waals surface area contributed by atoms with Crippen LogP contribution < -0.4 is 16.0 Å². The Balaban J connectivity index is 2.09. The summed E-state index contributed by atoms with van der Waals surface area (Å²) in [5.74, 6) is 5.30. The molecule has 4 nitrogen and oxygen atoms in total. The number of nitrogens with one attached hydrogen (secondary N) is 1. The highest BCUT2D eigenvalue weighted by Gasteiger charge is 2.07. The summed E-state index contributed by atoms with van der Waals surface area (Å²) in [5.41, 5.74) is 3.24. The fraction of sp³-hybridized carbons (Fsp3) is 0.0833. The molecule has 0 spiro atoms. The minimum Gasteiger partial charge on any atom is -0.486 e. The molecule has 0 unspecified atom stereocenters. The van der Waals surface area contributed by atoms with Crippen molar-refractivity contribution in [3.63, 3.8) is 0 Å². The normalized spacial score (nSPS) is 10.2. The van der Waals surface area contributed by atoms with E-state index in [-0.39, 0.29) is 17.4 Å². The van der Waals surface area contributed by atoms with Crippen LogP contribution in [0.1, 0.15) is 5.56 Å². The molecule has 0 atom stereocenters. The maximum Gasteiger partial charge on any atom is 0.183 e. The molecular weight excluding hydrogens is 257 g/mol. The molecule has 3 N–H and O–H groups in total. The number of ether oxygens (including phenoxy) is 1. The SMILES string of the molecule is NNc1cc(COc2cccc(Cl)c2F)ccn1. The highest BCUT2D eigenvalue weighted by Crippen LogP contribution is 2.24. The molecule has 0 saturated carbocycles. The molecule has 2 aromatic rings. The minimum atomic E-state index is -0.564. The standard InChI is InChI=1S/C12H11ClFN3O/c13-9-2-1-3-10(12(9)14)18-7-8-4-5-16-11(6-8)17-15/h1-6H,7,15H2,(H,16,17). The molecule has 0 amide bonds. The number of pyridine rings is 1. The van der Waals surface area contributed by atoms with Gasteiger partial charge in [0.1, 0.15) is 12.4 Å². The Labute approximate surface area is 109 Å². The summed E-state index contributed by atoms with van der Waals surface area (Å²) in [4.78, 5) is 3.96. The van der Waals surface area contributed by atoms with Crippen molar-refractivity contribution in [2.75, 3.05) is 5.43 Å². The highest BCUT2D eigenvalue weighted by atomic mass is 35.5. The van der Waals surface area contributed by atoms with E-state index in [4.69, 9.17) is 22.2 Å². The summed E-state index contributed by atoms with van der Waals surface area (Å²) in [6, 6.07) is 8.07. The second-order valence-corrected chi connectivity index (χ2v) is 3.94. The van der Waals surface area contributed by atoms with Gasteiger partial charge in [0.15, 0.2) is 11.6 Å². The quantitative estimate of drug-likeness (QED) is 0.661. The maximum absolute atomic E-state index is 13.5. The van der Waals surface area contributed by atoms with Crippen LogP contribution in [0.25, 0.3) is 0 Å². The summed E-state index contributed by atoms with van der Waals surface area (Å²) < 4.78 is 18.9. The van der Waals surface area contributed by atoms with Crippen molar-refractivity contribution in [3.05, 3.63) is 52.9 Å². The van der Waals surface area contributed by atoms with Gasteiger partial charge in [0.05, 0.1) is 5.02 Å². The Morgan fingerprint density at radius 2 is 2.22 bits per heavy atom. The third-order valence-corrected chi connectivity index (χ3v) is 2.57. The van der Waals surface area contributed by atoms with Crippen LogP contribution in [0.2, 0.25) is 5.02 Å². The molecule has 6 heteroatoms. The number of halogens is 2. The Bertz CT molecular complexity index is 551. The Morgan fingerprint density at radius 3 is 3.00 bits per heavy atom. The molecule has 0 radical (unpaired) electrons. The van der Waals surface area contributed by atoms with Crippen LogP contribution in [0.15, 0.2) is 36.5 Å². The van der Waals surface area contributed by atoms with Crippen molar-refractivity contribution in [2.24, 2.45) is 5.84 Å². The van der Waals surface area contributed by atoms with Crippen LogP contribution in [0.3, 0.4) is 0 Å². The summed E-state index contributed by atoms with van der Waals surface area (Å²) in [5, 5.41) is 0.0338. The zero-order chi connectivity index (χ0) is 13.0. The van der Waals surface area contributed by atoms with Crippen LogP contribution in [-0.2, 0) is 6.61 Å². The number of nitrogens with two attached hydrogens (primary N) is 1. The zero-order valence-corrected chi connectivity index (χ0v) is 10.1. The first-order valence-corrected chi connectivity index (χ1v) is 5.57. The number of benzene rings is 1. The first-order valence-electron chi connectivity index (χ1n) is 5.19. The van der Waals surface area contributed by atoms with E-state index in [1.54, 1.807) is 24.4 Å². The Kier molecular flexibility index (Phi) is 3.96. The van der Waals surface area contributed by atoms with Gasteiger partial charge in [-0.15, -0.1) is 0 Å². The summed E-state index contributed by atoms with van der Waals surface area (Å²) in [7, 11) is 0. The van der Waals surface area contributed by atoms with Gasteiger partial charge in [-0.3, -0.25) is 0 Å². The second-order valence-electron chi connectivity index (χ2n) is 3.53. The molecule has 94 valence electrons. The topological polar surface area (TPSA) is 60.2 Å². The summed E-state index contributed by atoms with van der Waals surface area (Å²) >= 11 is 5.65. The number of nitrogens with zero attached hydrogens (tertiary/aromatic N) is 1. The van der Waals surface area contributed by atoms with Crippen LogP contribution in [-0.4, -0.2) is 4.98 Å². The number of hydrogen-bond donors (Lipinski definition) is 2. The first-order chi connectivity index (χ1) is 8.70. The van der Waals surface area contributed by atoms with Gasteiger partial charge in [0.2, 0.25) is 0 Å². The van der Waals surface area contributed by atoms with Gasteiger partial charge in [-0.05, 0) is 29.8 Å². The lowest BCUT2D eigenvalue weighted by Crippen LogP contribution is -2.09. The number of nitrogen functional groups attached to an aromatic ring is 1. The largest absolute Gasteiger partial charge is 0.486 e. The molecule has 18 heavy (non-hydrogen) atoms. The van der Waals surface area contributed by atoms with Gasteiger partial charge in [-0.25, -0.2) is 15.2 Å². The highest BCUT2D eigenvalue weighted by molar-refractivity contribution is 6.30. The van der Waals surface area contributed by atoms with Crippen LogP contribution >= 0.6 is 11.6 Å². The van der Waals surface area contributed by atoms with E-state index in [1.165, 1.54) is 12.1 Å². The van der Waals surface area contributed by atoms with Crippen LogP contribution in [0, 0.1) is 5.82 Å². The molecule has 0 saturated heterocycles. The molecule has 1 aromatic carbocycles. The van der Waals surface area contributed by atoms with E-state index in [0.717, 1.165) is 5.56 Å². The van der Waals surface area contributed by atoms with Gasteiger partial charge in [0.25, 0.3) is 0 Å². The van der Waals surface area contributed by atoms with E-state index in [1.807, 2.05) is 0 Å². The van der Waals surface area contributed by atoms with Gasteiger partial charge < -0.3 is 10.2 Å². The van der Waals surface area contributed by atoms with Crippen molar-refractivity contribution in [3.8, 4) is 5.75 Å². The van der Waals surface area contributed by atoms with Crippen molar-refractivity contribution < 1.29 is 9.13 Å². The lowest BCUT2D eigenvalue weighted by molar-refractivity contribution is 0.290. The molecule has 0 aliphatic carbocycles. The summed E-state index contributed by atoms with van der Waals surface area (Å²) in [6.45, 7) is 0.203. The Hall–Kier alpha value is -1.85. The van der Waals surface area contributed by atoms with E-state index in [9.17, 15) is 4.39 Å². The molecule has 0 bridgehead atoms. The van der Waals surface area contributed by atoms with Gasteiger partial charge >= 0.3 is 0 Å². The van der Waals surface area contributed by atoms with E-state index >= 15 is 0 Å². The Morgan fingerprint density at radius 1 is 1.39 bits per heavy atom.